The van der Waals surface area contributed by atoms with E-state index in [1.54, 1.807) is 25.1 Å². The molecule has 15 heavy (non-hydrogen) atoms. The van der Waals surface area contributed by atoms with Crippen molar-refractivity contribution in [3.05, 3.63) is 41.7 Å². The van der Waals surface area contributed by atoms with Gasteiger partial charge in [0.25, 0.3) is 0 Å². The Morgan fingerprint density at radius 3 is 3.00 bits per heavy atom. The van der Waals surface area contributed by atoms with Gasteiger partial charge in [-0.15, -0.1) is 0 Å². The molecule has 0 aliphatic heterocycles. The van der Waals surface area contributed by atoms with Crippen LogP contribution in [0.3, 0.4) is 0 Å². The number of aryl methyl sites for hydroxylation is 1. The van der Waals surface area contributed by atoms with Crippen molar-refractivity contribution >= 4 is 15.9 Å². The molecule has 4 heteroatoms. The summed E-state index contributed by atoms with van der Waals surface area (Å²) in [6.45, 7) is 1.73. The van der Waals surface area contributed by atoms with Crippen molar-refractivity contribution in [2.24, 2.45) is 0 Å². The molecule has 2 rings (SSSR count). The highest BCUT2D eigenvalue weighted by Crippen LogP contribution is 2.28. The van der Waals surface area contributed by atoms with Gasteiger partial charge in [-0.1, -0.05) is 28.1 Å². The highest BCUT2D eigenvalue weighted by Gasteiger charge is 2.14. The molecule has 1 heterocycles. The topological polar surface area (TPSA) is 26.0 Å². The lowest BCUT2D eigenvalue weighted by atomic mass is 10.1. The summed E-state index contributed by atoms with van der Waals surface area (Å²) < 4.78 is 19.0. The molecule has 78 valence electrons. The Bertz CT molecular complexity index is 481. The van der Waals surface area contributed by atoms with E-state index in [-0.39, 0.29) is 5.82 Å². The maximum atomic E-state index is 13.8. The molecule has 0 fully saturated rings. The van der Waals surface area contributed by atoms with Gasteiger partial charge in [0.1, 0.15) is 5.82 Å². The zero-order valence-corrected chi connectivity index (χ0v) is 9.71. The van der Waals surface area contributed by atoms with E-state index >= 15 is 0 Å². The first-order valence-corrected chi connectivity index (χ1v) is 5.60. The second-order valence-corrected chi connectivity index (χ2v) is 3.76. The van der Waals surface area contributed by atoms with Crippen molar-refractivity contribution in [2.75, 3.05) is 0 Å². The summed E-state index contributed by atoms with van der Waals surface area (Å²) in [6, 6.07) is 5.21. The average molecular weight is 270 g/mol. The van der Waals surface area contributed by atoms with Gasteiger partial charge < -0.3 is 4.42 Å². The van der Waals surface area contributed by atoms with Gasteiger partial charge in [-0.05, 0) is 18.6 Å². The molecule has 1 aromatic carbocycles. The highest BCUT2D eigenvalue weighted by molar-refractivity contribution is 9.08. The molecule has 0 amide bonds. The molecule has 0 atom stereocenters. The second-order valence-electron chi connectivity index (χ2n) is 3.20. The molecular weight excluding hydrogens is 261 g/mol. The lowest BCUT2D eigenvalue weighted by Gasteiger charge is -2.03. The molecule has 1 aromatic heterocycles. The second kappa shape index (κ2) is 4.14. The van der Waals surface area contributed by atoms with Crippen LogP contribution in [0.2, 0.25) is 0 Å². The maximum absolute atomic E-state index is 13.8. The average Bonchev–Trinajstić information content (AvgIpc) is 2.70. The number of alkyl halides is 1. The molecule has 0 aliphatic carbocycles. The smallest absolute Gasteiger partial charge is 0.181 e. The predicted molar refractivity (Wildman–Crippen MR) is 59.3 cm³/mol. The third kappa shape index (κ3) is 1.81. The predicted octanol–water partition coefficient (Wildman–Crippen LogP) is 3.68. The molecule has 0 N–H and O–H groups in total. The van der Waals surface area contributed by atoms with Gasteiger partial charge in [-0.3, -0.25) is 0 Å². The number of hydrogen-bond donors (Lipinski definition) is 0. The van der Waals surface area contributed by atoms with Gasteiger partial charge in [0.05, 0.1) is 11.3 Å². The van der Waals surface area contributed by atoms with E-state index in [1.165, 1.54) is 6.39 Å². The lowest BCUT2D eigenvalue weighted by molar-refractivity contribution is 0.559. The number of rotatable bonds is 2. The van der Waals surface area contributed by atoms with Crippen LogP contribution in [-0.2, 0) is 5.33 Å². The Kier molecular flexibility index (Phi) is 2.86. The van der Waals surface area contributed by atoms with Crippen molar-refractivity contribution in [1.82, 2.24) is 4.98 Å². The van der Waals surface area contributed by atoms with E-state index in [1.807, 2.05) is 0 Å². The van der Waals surface area contributed by atoms with Crippen LogP contribution in [0.4, 0.5) is 4.39 Å². The normalized spacial score (nSPS) is 10.6. The zero-order valence-electron chi connectivity index (χ0n) is 8.13. The van der Waals surface area contributed by atoms with Crippen LogP contribution in [0.5, 0.6) is 0 Å². The fraction of sp³-hybridized carbons (Fsp3) is 0.182. The summed E-state index contributed by atoms with van der Waals surface area (Å²) in [5, 5.41) is 0.548. The van der Waals surface area contributed by atoms with Crippen LogP contribution >= 0.6 is 15.9 Å². The molecule has 0 unspecified atom stereocenters. The summed E-state index contributed by atoms with van der Waals surface area (Å²) in [7, 11) is 0. The molecule has 0 saturated carbocycles. The first-order valence-electron chi connectivity index (χ1n) is 4.48. The maximum Gasteiger partial charge on any atom is 0.181 e. The monoisotopic (exact) mass is 269 g/mol. The van der Waals surface area contributed by atoms with Gasteiger partial charge >= 0.3 is 0 Å². The largest absolute Gasteiger partial charge is 0.443 e. The fourth-order valence-corrected chi connectivity index (χ4v) is 1.81. The number of aromatic nitrogens is 1. The minimum absolute atomic E-state index is 0.253. The zero-order chi connectivity index (χ0) is 10.8. The third-order valence-corrected chi connectivity index (χ3v) is 2.74. The van der Waals surface area contributed by atoms with Gasteiger partial charge in [0.15, 0.2) is 12.2 Å². The Labute approximate surface area is 95.3 Å². The van der Waals surface area contributed by atoms with E-state index in [4.69, 9.17) is 4.42 Å². The third-order valence-electron chi connectivity index (χ3n) is 2.20. The minimum Gasteiger partial charge on any atom is -0.443 e. The minimum atomic E-state index is -0.253. The Balaban J connectivity index is 2.59. The molecule has 0 spiro atoms. The number of halogens is 2. The van der Waals surface area contributed by atoms with Crippen LogP contribution < -0.4 is 0 Å². The Morgan fingerprint density at radius 2 is 2.27 bits per heavy atom. The molecule has 2 nitrogen and oxygen atoms in total. The van der Waals surface area contributed by atoms with Crippen molar-refractivity contribution in [1.29, 1.82) is 0 Å². The van der Waals surface area contributed by atoms with Gasteiger partial charge in [0, 0.05) is 5.33 Å². The summed E-state index contributed by atoms with van der Waals surface area (Å²) in [5.74, 6) is 0.240. The number of hydrogen-bond acceptors (Lipinski definition) is 2. The van der Waals surface area contributed by atoms with Crippen LogP contribution in [0.25, 0.3) is 11.3 Å². The lowest BCUT2D eigenvalue weighted by Crippen LogP contribution is -1.89. The molecule has 0 radical (unpaired) electrons. The van der Waals surface area contributed by atoms with Gasteiger partial charge in [0.2, 0.25) is 0 Å². The van der Waals surface area contributed by atoms with E-state index in [9.17, 15) is 4.39 Å². The summed E-state index contributed by atoms with van der Waals surface area (Å²) in [6.07, 6.45) is 1.33. The van der Waals surface area contributed by atoms with E-state index in [0.717, 1.165) is 0 Å². The van der Waals surface area contributed by atoms with Gasteiger partial charge in [-0.2, -0.15) is 0 Å². The van der Waals surface area contributed by atoms with Crippen molar-refractivity contribution in [3.8, 4) is 11.3 Å². The standard InChI is InChI=1S/C11H9BrFNO/c1-7-3-2-4-8(10(7)13)11-9(5-12)14-6-15-11/h2-4,6H,5H2,1H3. The quantitative estimate of drug-likeness (QED) is 0.778. The van der Waals surface area contributed by atoms with Crippen LogP contribution in [-0.4, -0.2) is 4.98 Å². The van der Waals surface area contributed by atoms with Crippen LogP contribution in [0.15, 0.2) is 29.0 Å². The Morgan fingerprint density at radius 1 is 1.47 bits per heavy atom. The molecule has 0 aliphatic rings. The van der Waals surface area contributed by atoms with Crippen molar-refractivity contribution < 1.29 is 8.81 Å². The highest BCUT2D eigenvalue weighted by atomic mass is 79.9. The molecule has 0 saturated heterocycles. The van der Waals surface area contributed by atoms with Gasteiger partial charge in [-0.25, -0.2) is 9.37 Å². The first kappa shape index (κ1) is 10.4. The van der Waals surface area contributed by atoms with E-state index < -0.39 is 0 Å². The number of nitrogens with zero attached hydrogens (tertiary/aromatic N) is 1. The van der Waals surface area contributed by atoms with E-state index in [2.05, 4.69) is 20.9 Å². The van der Waals surface area contributed by atoms with Crippen molar-refractivity contribution in [3.63, 3.8) is 0 Å². The van der Waals surface area contributed by atoms with E-state index in [0.29, 0.717) is 27.9 Å². The summed E-state index contributed by atoms with van der Waals surface area (Å²) in [5.41, 5.74) is 1.77. The SMILES string of the molecule is Cc1cccc(-c2ocnc2CBr)c1F. The molecular formula is C11H9BrFNO. The fourth-order valence-electron chi connectivity index (χ4n) is 1.41. The molecule has 0 bridgehead atoms. The summed E-state index contributed by atoms with van der Waals surface area (Å²) in [4.78, 5) is 4.00. The first-order chi connectivity index (χ1) is 7.24. The van der Waals surface area contributed by atoms with Crippen molar-refractivity contribution in [2.45, 2.75) is 12.3 Å². The molecule has 2 aromatic rings. The Hall–Kier alpha value is -1.16. The number of oxazole rings is 1. The number of benzene rings is 1. The van der Waals surface area contributed by atoms with Crippen LogP contribution in [0, 0.1) is 12.7 Å². The summed E-state index contributed by atoms with van der Waals surface area (Å²) >= 11 is 3.28. The van der Waals surface area contributed by atoms with Crippen LogP contribution in [0.1, 0.15) is 11.3 Å².